The average molecular weight is 337 g/mol. The molecule has 4 saturated heterocycles. The maximum atomic E-state index is 2.74. The van der Waals surface area contributed by atoms with Gasteiger partial charge in [-0.15, -0.1) is 0 Å². The molecule has 94 valence electrons. The number of hydrogen-bond donors (Lipinski definition) is 0. The zero-order chi connectivity index (χ0) is 11.6. The van der Waals surface area contributed by atoms with E-state index in [1.54, 1.807) is 47.2 Å². The summed E-state index contributed by atoms with van der Waals surface area (Å²) in [6.45, 7) is 1.18. The summed E-state index contributed by atoms with van der Waals surface area (Å²) in [7, 11) is 0. The summed E-state index contributed by atoms with van der Waals surface area (Å²) in [4.78, 5) is 5.48. The minimum atomic E-state index is -1.52. The third kappa shape index (κ3) is 2.03. The molecule has 0 radical (unpaired) electrons. The molecule has 0 spiro atoms. The Morgan fingerprint density at radius 2 is 1.47 bits per heavy atom. The van der Waals surface area contributed by atoms with Gasteiger partial charge in [-0.25, -0.2) is 0 Å². The third-order valence-corrected chi connectivity index (χ3v) is 15.9. The summed E-state index contributed by atoms with van der Waals surface area (Å²) in [5.74, 6) is 5.91. The Hall–Kier alpha value is 0.864. The molecule has 5 aliphatic rings. The van der Waals surface area contributed by atoms with Crippen LogP contribution in [0.2, 0.25) is 37.2 Å². The van der Waals surface area contributed by atoms with Gasteiger partial charge in [-0.1, -0.05) is 0 Å². The van der Waals surface area contributed by atoms with Crippen LogP contribution in [-0.2, 0) is 0 Å². The molecule has 0 aromatic carbocycles. The Labute approximate surface area is 111 Å². The van der Waals surface area contributed by atoms with Crippen LogP contribution < -0.4 is 0 Å². The summed E-state index contributed by atoms with van der Waals surface area (Å²) in [6.07, 6.45) is 9.84. The molecular weight excluding hydrogens is 310 g/mol. The van der Waals surface area contributed by atoms with Crippen LogP contribution >= 0.6 is 0 Å². The molecule has 1 aliphatic carbocycles. The van der Waals surface area contributed by atoms with Crippen molar-refractivity contribution in [2.75, 3.05) is 0 Å². The van der Waals surface area contributed by atoms with Crippen molar-refractivity contribution in [2.24, 2.45) is 23.7 Å². The van der Waals surface area contributed by atoms with Crippen LogP contribution in [0, 0.1) is 23.7 Å². The molecule has 4 bridgehead atoms. The second-order valence-corrected chi connectivity index (χ2v) is 23.5. The minimum absolute atomic E-state index is 1.16. The van der Waals surface area contributed by atoms with Crippen LogP contribution in [0.3, 0.4) is 0 Å². The van der Waals surface area contributed by atoms with E-state index in [1.807, 2.05) is 0 Å². The third-order valence-electron chi connectivity index (χ3n) is 6.72. The number of hydrogen-bond acceptors (Lipinski definition) is 0. The molecule has 5 fully saturated rings. The van der Waals surface area contributed by atoms with Crippen LogP contribution in [0.1, 0.15) is 25.7 Å². The van der Waals surface area contributed by atoms with E-state index in [1.165, 1.54) is 18.4 Å². The second-order valence-electron chi connectivity index (χ2n) is 8.77. The summed E-state index contributed by atoms with van der Waals surface area (Å²) in [6, 6.07) is 0. The van der Waals surface area contributed by atoms with Gasteiger partial charge in [-0.3, -0.25) is 0 Å². The first-order valence-corrected chi connectivity index (χ1v) is 17.8. The summed E-state index contributed by atoms with van der Waals surface area (Å²) >= 11 is -1.52. The predicted octanol–water partition coefficient (Wildman–Crippen LogP) is 4.64. The Morgan fingerprint density at radius 1 is 0.824 bits per heavy atom. The Kier molecular flexibility index (Phi) is 2.70. The van der Waals surface area contributed by atoms with Gasteiger partial charge in [0.25, 0.3) is 0 Å². The average Bonchev–Trinajstić information content (AvgIpc) is 2.50. The molecular formula is C15H27BSn. The topological polar surface area (TPSA) is 0 Å². The van der Waals surface area contributed by atoms with Gasteiger partial charge in [0.2, 0.25) is 0 Å². The molecule has 0 amide bonds. The second kappa shape index (κ2) is 3.93. The van der Waals surface area contributed by atoms with Crippen LogP contribution in [0.4, 0.5) is 0 Å². The van der Waals surface area contributed by atoms with Gasteiger partial charge in [0, 0.05) is 0 Å². The van der Waals surface area contributed by atoms with Gasteiger partial charge in [0.1, 0.15) is 0 Å². The van der Waals surface area contributed by atoms with Crippen molar-refractivity contribution in [3.05, 3.63) is 0 Å². The van der Waals surface area contributed by atoms with Crippen molar-refractivity contribution in [1.82, 2.24) is 0 Å². The molecule has 1 unspecified atom stereocenters. The summed E-state index contributed by atoms with van der Waals surface area (Å²) in [5.41, 5.74) is 0. The first kappa shape index (κ1) is 11.7. The van der Waals surface area contributed by atoms with Gasteiger partial charge >= 0.3 is 112 Å². The van der Waals surface area contributed by atoms with E-state index in [4.69, 9.17) is 0 Å². The predicted molar refractivity (Wildman–Crippen MR) is 78.6 cm³/mol. The monoisotopic (exact) mass is 338 g/mol. The fraction of sp³-hybridized carbons (Fsp3) is 1.00. The Morgan fingerprint density at radius 3 is 2.18 bits per heavy atom. The molecule has 0 N–H and O–H groups in total. The molecule has 5 rings (SSSR count). The van der Waals surface area contributed by atoms with E-state index >= 15 is 0 Å². The fourth-order valence-electron chi connectivity index (χ4n) is 6.57. The molecule has 17 heavy (non-hydrogen) atoms. The normalized spacial score (nSPS) is 51.2. The van der Waals surface area contributed by atoms with Crippen molar-refractivity contribution in [3.8, 4) is 0 Å². The van der Waals surface area contributed by atoms with E-state index in [2.05, 4.69) is 9.88 Å². The molecule has 4 heterocycles. The molecule has 4 aliphatic heterocycles. The van der Waals surface area contributed by atoms with Crippen LogP contribution in [-0.4, -0.2) is 25.1 Å². The van der Waals surface area contributed by atoms with Crippen molar-refractivity contribution in [3.63, 3.8) is 0 Å². The van der Waals surface area contributed by atoms with Crippen molar-refractivity contribution in [2.45, 2.75) is 62.9 Å². The van der Waals surface area contributed by atoms with E-state index < -0.39 is 18.4 Å². The van der Waals surface area contributed by atoms with Crippen LogP contribution in [0.5, 0.6) is 0 Å². The van der Waals surface area contributed by atoms with Gasteiger partial charge in [-0.2, -0.15) is 0 Å². The first-order valence-electron chi connectivity index (χ1n) is 8.09. The van der Waals surface area contributed by atoms with E-state index in [-0.39, 0.29) is 0 Å². The van der Waals surface area contributed by atoms with Crippen LogP contribution in [0.15, 0.2) is 0 Å². The van der Waals surface area contributed by atoms with Gasteiger partial charge in [-0.05, 0) is 0 Å². The van der Waals surface area contributed by atoms with E-state index in [9.17, 15) is 0 Å². The maximum absolute atomic E-state index is 2.74. The molecule has 5 atom stereocenters. The first-order chi connectivity index (χ1) is 8.09. The fourth-order valence-corrected chi connectivity index (χ4v) is 18.0. The van der Waals surface area contributed by atoms with Crippen LogP contribution in [0.25, 0.3) is 0 Å². The summed E-state index contributed by atoms with van der Waals surface area (Å²) < 4.78 is 3.51. The molecule has 2 heteroatoms. The van der Waals surface area contributed by atoms with Crippen molar-refractivity contribution in [1.29, 1.82) is 0 Å². The van der Waals surface area contributed by atoms with Gasteiger partial charge < -0.3 is 0 Å². The van der Waals surface area contributed by atoms with Gasteiger partial charge in [0.15, 0.2) is 0 Å². The van der Waals surface area contributed by atoms with Crippen molar-refractivity contribution < 1.29 is 0 Å². The van der Waals surface area contributed by atoms with Crippen molar-refractivity contribution >= 4 is 25.1 Å². The molecule has 0 nitrogen and oxygen atoms in total. The van der Waals surface area contributed by atoms with Gasteiger partial charge in [0.05, 0.1) is 0 Å². The SMILES string of the molecule is [CH3][Sn]1([CH3])[CH2][C@@H]2CC3C[C@H]4CB(C[C@@H](C3)C4)[C@@H]2[CH2]1. The Balaban J connectivity index is 1.65. The molecule has 0 aromatic heterocycles. The molecule has 1 saturated carbocycles. The summed E-state index contributed by atoms with van der Waals surface area (Å²) in [5, 5.41) is 0. The molecule has 0 aromatic rings. The zero-order valence-corrected chi connectivity index (χ0v) is 14.5. The standard InChI is InChI=1S/C13H21B.2CH3.Sn/c1-9-3-11-4-12-6-13(5-11)8-14(7-12)10(9)2;;;/h9-13H,1-8H2;2*1H3;/t9-,10-,11?,12-,13+;;;/m1.../s1. The zero-order valence-electron chi connectivity index (χ0n) is 11.6. The van der Waals surface area contributed by atoms with E-state index in [0.29, 0.717) is 0 Å². The quantitative estimate of drug-likeness (QED) is 0.565. The Bertz CT molecular complexity index is 313. The van der Waals surface area contributed by atoms with E-state index in [0.717, 1.165) is 17.8 Å². The number of rotatable bonds is 0.